The maximum Gasteiger partial charge on any atom is 0.190 e. The highest BCUT2D eigenvalue weighted by molar-refractivity contribution is 6.25. The Balaban J connectivity index is 2.48. The first-order valence-electron chi connectivity index (χ1n) is 5.96. The van der Waals surface area contributed by atoms with Crippen LogP contribution in [-0.4, -0.2) is 26.8 Å². The van der Waals surface area contributed by atoms with Gasteiger partial charge in [0.05, 0.1) is 22.4 Å². The molecule has 6 nitrogen and oxygen atoms in total. The van der Waals surface area contributed by atoms with Gasteiger partial charge >= 0.3 is 0 Å². The molecule has 6 N–H and O–H groups in total. The van der Waals surface area contributed by atoms with Gasteiger partial charge in [-0.15, -0.1) is 0 Å². The zero-order valence-corrected chi connectivity index (χ0v) is 10.3. The van der Waals surface area contributed by atoms with E-state index in [4.69, 9.17) is 11.1 Å². The average Bonchev–Trinajstić information content (AvgIpc) is 2.37. The Kier molecular flexibility index (Phi) is 2.38. The molecule has 2 aliphatic rings. The van der Waals surface area contributed by atoms with Gasteiger partial charge in [0, 0.05) is 12.0 Å². The van der Waals surface area contributed by atoms with Crippen molar-refractivity contribution < 1.29 is 20.1 Å². The second-order valence-electron chi connectivity index (χ2n) is 4.88. The predicted octanol–water partition coefficient (Wildman–Crippen LogP) is 0.739. The fourth-order valence-corrected chi connectivity index (χ4v) is 2.63. The number of phenolic OH excluding ortho intramolecular Hbond substituents is 2. The summed E-state index contributed by atoms with van der Waals surface area (Å²) in [5.41, 5.74) is 3.56. The average molecular weight is 272 g/mol. The summed E-state index contributed by atoms with van der Waals surface area (Å²) in [4.78, 5) is 11.9. The fourth-order valence-electron chi connectivity index (χ4n) is 2.63. The molecule has 0 amide bonds. The first-order valence-corrected chi connectivity index (χ1v) is 5.96. The van der Waals surface area contributed by atoms with Crippen LogP contribution < -0.4 is 5.73 Å². The lowest BCUT2D eigenvalue weighted by Gasteiger charge is -2.31. The van der Waals surface area contributed by atoms with Gasteiger partial charge in [0.15, 0.2) is 5.78 Å². The molecule has 0 bridgehead atoms. The molecule has 6 heteroatoms. The smallest absolute Gasteiger partial charge is 0.190 e. The molecule has 0 radical (unpaired) electrons. The van der Waals surface area contributed by atoms with E-state index in [2.05, 4.69) is 0 Å². The Labute approximate surface area is 114 Å². The number of nitrogens with one attached hydrogen (secondary N) is 1. The minimum absolute atomic E-state index is 0.0453. The number of allylic oxidation sites excluding steroid dienone is 2. The first kappa shape index (κ1) is 12.6. The largest absolute Gasteiger partial charge is 0.507 e. The van der Waals surface area contributed by atoms with E-state index in [9.17, 15) is 20.1 Å². The number of phenols is 2. The number of aromatic hydroxyl groups is 2. The highest BCUT2D eigenvalue weighted by Gasteiger charge is 2.38. The number of carbonyl (C=O) groups excluding carboxylic acids is 1. The summed E-state index contributed by atoms with van der Waals surface area (Å²) in [5.74, 6) is -1.37. The van der Waals surface area contributed by atoms with Crippen molar-refractivity contribution in [3.05, 3.63) is 40.5 Å². The lowest BCUT2D eigenvalue weighted by Crippen LogP contribution is -2.38. The molecule has 20 heavy (non-hydrogen) atoms. The SMILES string of the molecule is N=C1C=CC(=O)c2c(O)c3c(c(O)c21)C=CCC3(N)O. The number of fused-ring (bicyclic) bond motifs is 2. The van der Waals surface area contributed by atoms with Crippen LogP contribution in [0.5, 0.6) is 11.5 Å². The van der Waals surface area contributed by atoms with Crippen LogP contribution in [0.1, 0.15) is 33.5 Å². The molecule has 3 rings (SSSR count). The Morgan fingerprint density at radius 1 is 1.15 bits per heavy atom. The van der Waals surface area contributed by atoms with Gasteiger partial charge in [-0.25, -0.2) is 0 Å². The minimum atomic E-state index is -1.87. The third kappa shape index (κ3) is 1.46. The summed E-state index contributed by atoms with van der Waals surface area (Å²) >= 11 is 0. The van der Waals surface area contributed by atoms with Crippen molar-refractivity contribution >= 4 is 17.6 Å². The molecular weight excluding hydrogens is 260 g/mol. The zero-order valence-electron chi connectivity index (χ0n) is 10.3. The molecule has 1 atom stereocenters. The molecule has 1 aromatic carbocycles. The van der Waals surface area contributed by atoms with E-state index < -0.39 is 17.3 Å². The van der Waals surface area contributed by atoms with E-state index in [1.165, 1.54) is 12.2 Å². The van der Waals surface area contributed by atoms with E-state index in [1.807, 2.05) is 0 Å². The van der Waals surface area contributed by atoms with Crippen LogP contribution in [0.15, 0.2) is 18.2 Å². The quantitative estimate of drug-likeness (QED) is 0.351. The fraction of sp³-hybridized carbons (Fsp3) is 0.143. The molecule has 0 aliphatic heterocycles. The monoisotopic (exact) mass is 272 g/mol. The van der Waals surface area contributed by atoms with Gasteiger partial charge in [0.1, 0.15) is 17.2 Å². The number of rotatable bonds is 0. The molecule has 102 valence electrons. The molecule has 0 fully saturated rings. The first-order chi connectivity index (χ1) is 9.34. The van der Waals surface area contributed by atoms with Gasteiger partial charge < -0.3 is 20.7 Å². The molecule has 1 unspecified atom stereocenters. The molecular formula is C14H12N2O4. The van der Waals surface area contributed by atoms with Crippen molar-refractivity contribution in [2.24, 2.45) is 5.73 Å². The van der Waals surface area contributed by atoms with Crippen LogP contribution in [0.2, 0.25) is 0 Å². The molecule has 0 saturated carbocycles. The van der Waals surface area contributed by atoms with Gasteiger partial charge in [-0.1, -0.05) is 12.2 Å². The number of carbonyl (C=O) groups is 1. The second kappa shape index (κ2) is 3.78. The van der Waals surface area contributed by atoms with Gasteiger partial charge in [0.25, 0.3) is 0 Å². The number of nitrogens with two attached hydrogens (primary N) is 1. The standard InChI is InChI=1S/C14H12N2O4/c15-7-3-4-8(17)10-9(7)12(18)6-2-1-5-14(16,20)11(6)13(10)19/h1-4,15,18-20H,5,16H2. The van der Waals surface area contributed by atoms with Crippen LogP contribution in [0.4, 0.5) is 0 Å². The third-order valence-electron chi connectivity index (χ3n) is 3.55. The topological polar surface area (TPSA) is 128 Å². The van der Waals surface area contributed by atoms with E-state index in [1.54, 1.807) is 6.08 Å². The second-order valence-corrected chi connectivity index (χ2v) is 4.88. The number of hydrogen-bond donors (Lipinski definition) is 5. The van der Waals surface area contributed by atoms with Crippen molar-refractivity contribution in [2.45, 2.75) is 12.1 Å². The van der Waals surface area contributed by atoms with Crippen molar-refractivity contribution in [3.8, 4) is 11.5 Å². The van der Waals surface area contributed by atoms with Crippen molar-refractivity contribution in [2.75, 3.05) is 0 Å². The van der Waals surface area contributed by atoms with Crippen LogP contribution in [0.3, 0.4) is 0 Å². The number of hydrogen-bond acceptors (Lipinski definition) is 6. The highest BCUT2D eigenvalue weighted by atomic mass is 16.3. The Hall–Kier alpha value is -2.44. The van der Waals surface area contributed by atoms with Crippen molar-refractivity contribution in [1.82, 2.24) is 0 Å². The lowest BCUT2D eigenvalue weighted by molar-refractivity contribution is 0.0426. The Bertz CT molecular complexity index is 729. The normalized spacial score (nSPS) is 23.7. The highest BCUT2D eigenvalue weighted by Crippen LogP contribution is 2.46. The lowest BCUT2D eigenvalue weighted by atomic mass is 9.81. The van der Waals surface area contributed by atoms with E-state index >= 15 is 0 Å². The van der Waals surface area contributed by atoms with E-state index in [0.29, 0.717) is 0 Å². The molecule has 2 aliphatic carbocycles. The molecule has 0 heterocycles. The minimum Gasteiger partial charge on any atom is -0.507 e. The number of aliphatic hydroxyl groups is 1. The summed E-state index contributed by atoms with van der Waals surface area (Å²) < 4.78 is 0. The van der Waals surface area contributed by atoms with Gasteiger partial charge in [0.2, 0.25) is 0 Å². The van der Waals surface area contributed by atoms with Gasteiger partial charge in [-0.3, -0.25) is 10.5 Å². The van der Waals surface area contributed by atoms with Crippen LogP contribution in [-0.2, 0) is 5.72 Å². The summed E-state index contributed by atoms with van der Waals surface area (Å²) in [6.07, 6.45) is 5.48. The van der Waals surface area contributed by atoms with Crippen molar-refractivity contribution in [3.63, 3.8) is 0 Å². The van der Waals surface area contributed by atoms with Crippen LogP contribution >= 0.6 is 0 Å². The number of benzene rings is 1. The predicted molar refractivity (Wildman–Crippen MR) is 71.8 cm³/mol. The summed E-state index contributed by atoms with van der Waals surface area (Å²) in [6, 6.07) is 0. The summed E-state index contributed by atoms with van der Waals surface area (Å²) in [5, 5.41) is 38.5. The number of ketones is 1. The third-order valence-corrected chi connectivity index (χ3v) is 3.55. The Morgan fingerprint density at radius 2 is 1.85 bits per heavy atom. The van der Waals surface area contributed by atoms with Gasteiger partial charge in [-0.2, -0.15) is 0 Å². The zero-order chi connectivity index (χ0) is 14.7. The Morgan fingerprint density at radius 3 is 2.55 bits per heavy atom. The van der Waals surface area contributed by atoms with Crippen LogP contribution in [0, 0.1) is 5.41 Å². The maximum absolute atomic E-state index is 11.9. The van der Waals surface area contributed by atoms with E-state index in [0.717, 1.165) is 6.08 Å². The van der Waals surface area contributed by atoms with E-state index in [-0.39, 0.29) is 40.1 Å². The molecule has 0 spiro atoms. The molecule has 1 aromatic rings. The summed E-state index contributed by atoms with van der Waals surface area (Å²) in [6.45, 7) is 0. The molecule has 0 saturated heterocycles. The summed E-state index contributed by atoms with van der Waals surface area (Å²) in [7, 11) is 0. The van der Waals surface area contributed by atoms with Gasteiger partial charge in [-0.05, 0) is 12.2 Å². The molecule has 0 aromatic heterocycles. The maximum atomic E-state index is 11.9. The van der Waals surface area contributed by atoms with Crippen LogP contribution in [0.25, 0.3) is 6.08 Å². The van der Waals surface area contributed by atoms with Crippen molar-refractivity contribution in [1.29, 1.82) is 5.41 Å².